The van der Waals surface area contributed by atoms with Crippen LogP contribution < -0.4 is 19.7 Å². The molecule has 0 aromatic heterocycles. The van der Waals surface area contributed by atoms with E-state index in [2.05, 4.69) is 11.4 Å². The van der Waals surface area contributed by atoms with Gasteiger partial charge in [0.05, 0.1) is 12.1 Å². The molecule has 2 aromatic rings. The average Bonchev–Trinajstić information content (AvgIpc) is 3.26. The smallest absolute Gasteiger partial charge is 0.264 e. The number of amides is 1. The van der Waals surface area contributed by atoms with Crippen molar-refractivity contribution in [3.8, 4) is 11.5 Å². The van der Waals surface area contributed by atoms with Crippen LogP contribution in [0.5, 0.6) is 11.5 Å². The minimum atomic E-state index is -0.0736. The quantitative estimate of drug-likeness (QED) is 0.589. The molecular weight excluding hydrogens is 448 g/mol. The Morgan fingerprint density at radius 3 is 2.56 bits per heavy atom. The molecule has 4 bridgehead atoms. The van der Waals surface area contributed by atoms with Gasteiger partial charge in [-0.1, -0.05) is 29.8 Å². The number of benzene rings is 2. The van der Waals surface area contributed by atoms with E-state index in [1.165, 1.54) is 37.7 Å². The van der Waals surface area contributed by atoms with Gasteiger partial charge in [-0.3, -0.25) is 4.79 Å². The lowest BCUT2D eigenvalue weighted by Gasteiger charge is -2.54. The van der Waals surface area contributed by atoms with Crippen LogP contribution in [0.4, 0.5) is 5.69 Å². The molecule has 5 nitrogen and oxygen atoms in total. The second-order valence-electron chi connectivity index (χ2n) is 10.7. The van der Waals surface area contributed by atoms with Crippen molar-refractivity contribution in [1.82, 2.24) is 5.32 Å². The number of nitrogens with one attached hydrogen (secondary N) is 1. The van der Waals surface area contributed by atoms with Gasteiger partial charge < -0.3 is 19.7 Å². The summed E-state index contributed by atoms with van der Waals surface area (Å²) in [5.41, 5.74) is 3.26. The fraction of sp³-hybridized carbons (Fsp3) is 0.536. The zero-order valence-corrected chi connectivity index (χ0v) is 20.5. The number of halogens is 1. The van der Waals surface area contributed by atoms with Crippen molar-refractivity contribution >= 4 is 23.2 Å². The third-order valence-electron chi connectivity index (χ3n) is 8.59. The molecule has 1 heterocycles. The summed E-state index contributed by atoms with van der Waals surface area (Å²) in [4.78, 5) is 14.7. The third kappa shape index (κ3) is 4.07. The Bertz CT molecular complexity index is 1060. The maximum Gasteiger partial charge on any atom is 0.264 e. The maximum absolute atomic E-state index is 12.9. The van der Waals surface area contributed by atoms with E-state index in [1.807, 2.05) is 30.3 Å². The van der Waals surface area contributed by atoms with E-state index in [0.717, 1.165) is 47.9 Å². The van der Waals surface area contributed by atoms with E-state index >= 15 is 0 Å². The Kier molecular flexibility index (Phi) is 5.94. The highest BCUT2D eigenvalue weighted by Crippen LogP contribution is 2.53. The Morgan fingerprint density at radius 2 is 1.82 bits per heavy atom. The van der Waals surface area contributed by atoms with Crippen molar-refractivity contribution in [1.29, 1.82) is 0 Å². The molecule has 0 saturated heterocycles. The molecule has 1 amide bonds. The van der Waals surface area contributed by atoms with Gasteiger partial charge in [0.1, 0.15) is 0 Å². The van der Waals surface area contributed by atoms with Crippen LogP contribution in [0.1, 0.15) is 43.2 Å². The van der Waals surface area contributed by atoms with Crippen molar-refractivity contribution in [3.63, 3.8) is 0 Å². The number of carbonyl (C=O) groups excluding carboxylic acids is 1. The second kappa shape index (κ2) is 9.09. The number of rotatable bonds is 7. The van der Waals surface area contributed by atoms with Gasteiger partial charge in [0.25, 0.3) is 5.91 Å². The maximum atomic E-state index is 12.9. The van der Waals surface area contributed by atoms with Gasteiger partial charge in [-0.2, -0.15) is 0 Å². The number of ether oxygens (including phenoxy) is 2. The van der Waals surface area contributed by atoms with E-state index in [1.54, 1.807) is 12.0 Å². The molecule has 180 valence electrons. The van der Waals surface area contributed by atoms with Crippen LogP contribution in [0.2, 0.25) is 5.02 Å². The molecule has 5 aliphatic rings. The van der Waals surface area contributed by atoms with Crippen LogP contribution in [0, 0.1) is 23.7 Å². The molecule has 0 atom stereocenters. The number of hydrogen-bond donors (Lipinski definition) is 1. The fourth-order valence-electron chi connectivity index (χ4n) is 7.32. The van der Waals surface area contributed by atoms with Crippen LogP contribution in [0.15, 0.2) is 36.4 Å². The first-order chi connectivity index (χ1) is 16.6. The van der Waals surface area contributed by atoms with Crippen LogP contribution in [-0.2, 0) is 17.8 Å². The largest absolute Gasteiger partial charge is 0.493 e. The topological polar surface area (TPSA) is 50.8 Å². The van der Waals surface area contributed by atoms with E-state index in [9.17, 15) is 4.79 Å². The van der Waals surface area contributed by atoms with Crippen LogP contribution in [0.25, 0.3) is 0 Å². The lowest BCUT2D eigenvalue weighted by molar-refractivity contribution is -0.120. The lowest BCUT2D eigenvalue weighted by Crippen LogP contribution is -2.54. The van der Waals surface area contributed by atoms with Gasteiger partial charge in [0.15, 0.2) is 18.1 Å². The standard InChI is InChI=1S/C28H33ClN2O3/c1-33-25-14-19(15-30-27-21-9-17-8-18(11-21)12-22(27)10-17)13-23(29)28(25)34-16-26(32)31-7-6-20-4-2-3-5-24(20)31/h2-5,13-14,17-18,21-22,27,30H,6-12,15-16H2,1H3. The van der Waals surface area contributed by atoms with E-state index < -0.39 is 0 Å². The molecule has 4 saturated carbocycles. The molecule has 1 aliphatic heterocycles. The summed E-state index contributed by atoms with van der Waals surface area (Å²) >= 11 is 6.62. The number of carbonyl (C=O) groups is 1. The van der Waals surface area contributed by atoms with Crippen molar-refractivity contribution < 1.29 is 14.3 Å². The van der Waals surface area contributed by atoms with Crippen molar-refractivity contribution in [3.05, 3.63) is 52.5 Å². The van der Waals surface area contributed by atoms with Crippen molar-refractivity contribution in [2.24, 2.45) is 23.7 Å². The molecular formula is C28H33ClN2O3. The number of anilines is 1. The first kappa shape index (κ1) is 22.2. The summed E-state index contributed by atoms with van der Waals surface area (Å²) in [6, 6.07) is 12.6. The molecule has 0 unspecified atom stereocenters. The van der Waals surface area contributed by atoms with E-state index in [0.29, 0.717) is 29.1 Å². The molecule has 34 heavy (non-hydrogen) atoms. The second-order valence-corrected chi connectivity index (χ2v) is 11.1. The summed E-state index contributed by atoms with van der Waals surface area (Å²) in [6.45, 7) is 1.38. The predicted molar refractivity (Wildman–Crippen MR) is 134 cm³/mol. The molecule has 7 rings (SSSR count). The van der Waals surface area contributed by atoms with Gasteiger partial charge in [-0.15, -0.1) is 0 Å². The van der Waals surface area contributed by atoms with Gasteiger partial charge in [-0.25, -0.2) is 0 Å². The minimum Gasteiger partial charge on any atom is -0.493 e. The zero-order valence-electron chi connectivity index (χ0n) is 19.8. The highest BCUT2D eigenvalue weighted by Gasteiger charge is 2.47. The van der Waals surface area contributed by atoms with E-state index in [-0.39, 0.29) is 12.5 Å². The van der Waals surface area contributed by atoms with E-state index in [4.69, 9.17) is 21.1 Å². The third-order valence-corrected chi connectivity index (χ3v) is 8.87. The Labute approximate surface area is 206 Å². The van der Waals surface area contributed by atoms with Gasteiger partial charge in [0.2, 0.25) is 0 Å². The molecule has 2 aromatic carbocycles. The summed E-state index contributed by atoms with van der Waals surface area (Å²) < 4.78 is 11.5. The molecule has 4 aliphatic carbocycles. The number of nitrogens with zero attached hydrogens (tertiary/aromatic N) is 1. The molecule has 0 spiro atoms. The molecule has 1 N–H and O–H groups in total. The predicted octanol–water partition coefficient (Wildman–Crippen LogP) is 5.23. The van der Waals surface area contributed by atoms with Gasteiger partial charge >= 0.3 is 0 Å². The molecule has 6 heteroatoms. The minimum absolute atomic E-state index is 0.0734. The summed E-state index contributed by atoms with van der Waals surface area (Å²) in [7, 11) is 1.62. The normalized spacial score (nSPS) is 28.8. The monoisotopic (exact) mass is 480 g/mol. The Hall–Kier alpha value is -2.24. The fourth-order valence-corrected chi connectivity index (χ4v) is 7.61. The van der Waals surface area contributed by atoms with Crippen LogP contribution in [0.3, 0.4) is 0 Å². The average molecular weight is 481 g/mol. The van der Waals surface area contributed by atoms with Crippen molar-refractivity contribution in [2.75, 3.05) is 25.2 Å². The van der Waals surface area contributed by atoms with Gasteiger partial charge in [-0.05, 0) is 91.5 Å². The number of para-hydroxylation sites is 1. The Morgan fingerprint density at radius 1 is 1.09 bits per heavy atom. The highest BCUT2D eigenvalue weighted by atomic mass is 35.5. The number of fused-ring (bicyclic) bond motifs is 1. The van der Waals surface area contributed by atoms with Crippen LogP contribution >= 0.6 is 11.6 Å². The number of hydrogen-bond acceptors (Lipinski definition) is 4. The summed E-state index contributed by atoms with van der Waals surface area (Å²) in [5.74, 6) is 4.55. The Balaban J connectivity index is 1.10. The number of methoxy groups -OCH3 is 1. The first-order valence-electron chi connectivity index (χ1n) is 12.7. The summed E-state index contributed by atoms with van der Waals surface area (Å²) in [5, 5.41) is 4.34. The molecule has 4 fully saturated rings. The highest BCUT2D eigenvalue weighted by molar-refractivity contribution is 6.32. The van der Waals surface area contributed by atoms with Crippen LogP contribution in [-0.4, -0.2) is 32.2 Å². The van der Waals surface area contributed by atoms with Gasteiger partial charge in [0, 0.05) is 24.8 Å². The lowest BCUT2D eigenvalue weighted by atomic mass is 9.54. The first-order valence-corrected chi connectivity index (χ1v) is 13.1. The summed E-state index contributed by atoms with van der Waals surface area (Å²) in [6.07, 6.45) is 7.95. The SMILES string of the molecule is COc1cc(CNC2C3CC4CC(C3)CC2C4)cc(Cl)c1OCC(=O)N1CCc2ccccc21. The molecule has 0 radical (unpaired) electrons. The van der Waals surface area contributed by atoms with Crippen molar-refractivity contribution in [2.45, 2.75) is 51.1 Å². The zero-order chi connectivity index (χ0) is 23.2.